The lowest BCUT2D eigenvalue weighted by Crippen LogP contribution is -2.09. The molecule has 0 saturated carbocycles. The van der Waals surface area contributed by atoms with Gasteiger partial charge in [0, 0.05) is 21.5 Å². The summed E-state index contributed by atoms with van der Waals surface area (Å²) in [5, 5.41) is 3.80. The van der Waals surface area contributed by atoms with Crippen molar-refractivity contribution in [3.63, 3.8) is 0 Å². The molecule has 12 aromatic rings. The molecule has 0 N–H and O–H groups in total. The number of nitrogens with zero attached hydrogens (tertiary/aromatic N) is 3. The second-order valence-corrected chi connectivity index (χ2v) is 19.1. The van der Waals surface area contributed by atoms with E-state index in [1.54, 1.807) is 12.1 Å². The average Bonchev–Trinajstić information content (AvgIpc) is 3.88. The third-order valence-corrected chi connectivity index (χ3v) is 14.2. The van der Waals surface area contributed by atoms with Gasteiger partial charge in [0.25, 0.3) is 0 Å². The fourth-order valence-corrected chi connectivity index (χ4v) is 10.8. The first-order chi connectivity index (χ1) is 34.9. The van der Waals surface area contributed by atoms with Crippen LogP contribution in [0.3, 0.4) is 0 Å². The van der Waals surface area contributed by atoms with Gasteiger partial charge in [-0.25, -0.2) is 4.85 Å². The number of hydrogen-bond acceptors (Lipinski definition) is 0. The van der Waals surface area contributed by atoms with Crippen molar-refractivity contribution in [3.05, 3.63) is 245 Å². The van der Waals surface area contributed by atoms with Crippen molar-refractivity contribution >= 4 is 49.3 Å². The number of alkyl halides is 3. The molecule has 6 heteroatoms. The summed E-state index contributed by atoms with van der Waals surface area (Å²) in [5.74, 6) is 0. The van der Waals surface area contributed by atoms with Crippen molar-refractivity contribution in [3.8, 4) is 67.0 Å². The quantitative estimate of drug-likeness (QED) is 0.141. The van der Waals surface area contributed by atoms with Crippen molar-refractivity contribution < 1.29 is 13.2 Å². The molecule has 0 fully saturated rings. The number of aromatic nitrogens is 2. The Hall–Kier alpha value is -8.92. The van der Waals surface area contributed by atoms with E-state index in [4.69, 9.17) is 0 Å². The Morgan fingerprint density at radius 1 is 0.361 bits per heavy atom. The van der Waals surface area contributed by atoms with E-state index in [1.807, 2.05) is 18.2 Å². The average molecular weight is 938 g/mol. The summed E-state index contributed by atoms with van der Waals surface area (Å²) < 4.78 is 50.5. The van der Waals surface area contributed by atoms with Crippen LogP contribution in [0, 0.1) is 34.3 Å². The second kappa shape index (κ2) is 17.2. The fourth-order valence-electron chi connectivity index (χ4n) is 10.8. The molecule has 0 spiro atoms. The molecular formula is C66H46F3N3. The Labute approximate surface area is 416 Å². The molecule has 346 valence electrons. The maximum Gasteiger partial charge on any atom is 0.417 e. The molecule has 0 unspecified atom stereocenters. The minimum Gasteiger partial charge on any atom is -0.319 e. The lowest BCUT2D eigenvalue weighted by atomic mass is 9.95. The van der Waals surface area contributed by atoms with Crippen LogP contribution in [0.25, 0.3) is 115 Å². The molecule has 3 nitrogen and oxygen atoms in total. The van der Waals surface area contributed by atoms with Gasteiger partial charge >= 0.3 is 6.18 Å². The summed E-state index contributed by atoms with van der Waals surface area (Å²) >= 11 is 0. The van der Waals surface area contributed by atoms with Gasteiger partial charge in [-0.1, -0.05) is 192 Å². The van der Waals surface area contributed by atoms with Crippen LogP contribution in [-0.4, -0.2) is 9.13 Å². The first-order valence-corrected chi connectivity index (χ1v) is 24.1. The van der Waals surface area contributed by atoms with Crippen LogP contribution in [0.5, 0.6) is 0 Å². The predicted octanol–water partition coefficient (Wildman–Crippen LogP) is 19.0. The molecule has 0 radical (unpaired) electrons. The van der Waals surface area contributed by atoms with E-state index in [9.17, 15) is 6.57 Å². The number of aryl methyl sites for hydroxylation is 4. The molecule has 0 saturated heterocycles. The van der Waals surface area contributed by atoms with Crippen LogP contribution < -0.4 is 0 Å². The van der Waals surface area contributed by atoms with Gasteiger partial charge in [-0.15, -0.1) is 0 Å². The van der Waals surface area contributed by atoms with Gasteiger partial charge in [0.1, 0.15) is 0 Å². The van der Waals surface area contributed by atoms with Crippen molar-refractivity contribution in [1.29, 1.82) is 0 Å². The van der Waals surface area contributed by atoms with E-state index in [0.717, 1.165) is 116 Å². The van der Waals surface area contributed by atoms with E-state index in [2.05, 4.69) is 199 Å². The minimum atomic E-state index is -4.69. The molecule has 0 bridgehead atoms. The molecule has 0 aliphatic rings. The van der Waals surface area contributed by atoms with E-state index in [0.29, 0.717) is 16.9 Å². The highest BCUT2D eigenvalue weighted by Gasteiger charge is 2.35. The molecule has 0 aliphatic carbocycles. The van der Waals surface area contributed by atoms with Crippen LogP contribution in [0.4, 0.5) is 18.9 Å². The largest absolute Gasteiger partial charge is 0.417 e. The molecule has 10 aromatic carbocycles. The highest BCUT2D eigenvalue weighted by atomic mass is 19.4. The fraction of sp³-hybridized carbons (Fsp3) is 0.0758. The number of halogens is 3. The van der Waals surface area contributed by atoms with Gasteiger partial charge in [-0.2, -0.15) is 13.2 Å². The summed E-state index contributed by atoms with van der Waals surface area (Å²) in [7, 11) is 0. The second-order valence-electron chi connectivity index (χ2n) is 19.1. The van der Waals surface area contributed by atoms with Crippen molar-refractivity contribution in [1.82, 2.24) is 9.13 Å². The molecule has 2 heterocycles. The Morgan fingerprint density at radius 3 is 1.08 bits per heavy atom. The van der Waals surface area contributed by atoms with Crippen molar-refractivity contribution in [2.24, 2.45) is 0 Å². The number of benzene rings is 10. The third-order valence-electron chi connectivity index (χ3n) is 14.2. The maximum atomic E-state index is 15.4. The summed E-state index contributed by atoms with van der Waals surface area (Å²) in [5.41, 5.74) is 16.4. The van der Waals surface area contributed by atoms with Gasteiger partial charge < -0.3 is 9.13 Å². The van der Waals surface area contributed by atoms with E-state index in [1.165, 1.54) is 12.1 Å². The van der Waals surface area contributed by atoms with Crippen LogP contribution in [0.15, 0.2) is 206 Å². The van der Waals surface area contributed by atoms with E-state index < -0.39 is 11.7 Å². The van der Waals surface area contributed by atoms with Gasteiger partial charge in [0.2, 0.25) is 5.69 Å². The number of rotatable bonds is 7. The molecule has 0 amide bonds. The van der Waals surface area contributed by atoms with Crippen molar-refractivity contribution in [2.75, 3.05) is 0 Å². The summed E-state index contributed by atoms with van der Waals surface area (Å²) in [6.07, 6.45) is -4.69. The zero-order chi connectivity index (χ0) is 49.4. The van der Waals surface area contributed by atoms with E-state index in [-0.39, 0.29) is 11.3 Å². The van der Waals surface area contributed by atoms with E-state index >= 15 is 13.2 Å². The summed E-state index contributed by atoms with van der Waals surface area (Å²) in [6.45, 7) is 17.7. The van der Waals surface area contributed by atoms with Crippen LogP contribution >= 0.6 is 0 Å². The molecule has 12 rings (SSSR count). The predicted molar refractivity (Wildman–Crippen MR) is 293 cm³/mol. The normalized spacial score (nSPS) is 11.8. The Morgan fingerprint density at radius 2 is 0.722 bits per heavy atom. The zero-order valence-corrected chi connectivity index (χ0v) is 40.1. The van der Waals surface area contributed by atoms with Gasteiger partial charge in [0.15, 0.2) is 0 Å². The van der Waals surface area contributed by atoms with Crippen molar-refractivity contribution in [2.45, 2.75) is 33.9 Å². The molecule has 0 atom stereocenters. The SMILES string of the molecule is [C-]#[N+]c1c(-n2c3cc(-c4cccc(C)c4)ccc3c3ccc(-c4cccc(C)c4)cc32)ccc(-c2ccccc2C(F)(F)F)c1-n1c2cc(-c3cccc(C)c3)ccc2c2ccc(-c3cccc(C)c3)cc21. The van der Waals surface area contributed by atoms with Crippen LogP contribution in [0.1, 0.15) is 27.8 Å². The lowest BCUT2D eigenvalue weighted by Gasteiger charge is -2.22. The first kappa shape index (κ1) is 44.3. The highest BCUT2D eigenvalue weighted by Crippen LogP contribution is 2.49. The van der Waals surface area contributed by atoms with Crippen LogP contribution in [0.2, 0.25) is 0 Å². The molecule has 2 aromatic heterocycles. The Kier molecular flexibility index (Phi) is 10.6. The third kappa shape index (κ3) is 7.53. The number of hydrogen-bond donors (Lipinski definition) is 0. The topological polar surface area (TPSA) is 14.2 Å². The molecular weight excluding hydrogens is 892 g/mol. The standard InChI is InChI=1S/C66H46F3N3/c1-40-12-8-16-44(32-40)48-22-26-53-54-27-23-49(45-17-9-13-41(2)33-45)37-61(54)71(60(53)36-48)59-31-30-57(52-20-6-7-21-58(52)66(67,68)69)65(64(59)70-5)72-62-38-50(46-18-10-14-42(3)34-46)24-28-55(62)56-29-25-51(39-63(56)72)47-19-11-15-43(4)35-47/h6-39H,1-4H3. The summed E-state index contributed by atoms with van der Waals surface area (Å²) in [4.78, 5) is 4.48. The first-order valence-electron chi connectivity index (χ1n) is 24.1. The monoisotopic (exact) mass is 937 g/mol. The van der Waals surface area contributed by atoms with Crippen LogP contribution in [-0.2, 0) is 6.18 Å². The minimum absolute atomic E-state index is 0.0122. The van der Waals surface area contributed by atoms with Gasteiger partial charge in [-0.05, 0) is 120 Å². The molecule has 0 aliphatic heterocycles. The van der Waals surface area contributed by atoms with Gasteiger partial charge in [-0.3, -0.25) is 0 Å². The summed E-state index contributed by atoms with van der Waals surface area (Å²) in [6, 6.07) is 68.4. The number of fused-ring (bicyclic) bond motifs is 6. The lowest BCUT2D eigenvalue weighted by molar-refractivity contribution is -0.137. The molecule has 72 heavy (non-hydrogen) atoms. The van der Waals surface area contributed by atoms with Gasteiger partial charge in [0.05, 0.1) is 45.6 Å². The Balaban J connectivity index is 1.25. The highest BCUT2D eigenvalue weighted by molar-refractivity contribution is 6.14. The maximum absolute atomic E-state index is 15.4. The zero-order valence-electron chi connectivity index (χ0n) is 40.1. The smallest absolute Gasteiger partial charge is 0.319 e. The Bertz CT molecular complexity index is 4010.